The zero-order valence-corrected chi connectivity index (χ0v) is 12.5. The number of ether oxygens (including phenoxy) is 1. The zero-order valence-electron chi connectivity index (χ0n) is 9.32. The van der Waals surface area contributed by atoms with Gasteiger partial charge in [-0.05, 0) is 36.1 Å². The molecule has 0 amide bonds. The Morgan fingerprint density at radius 1 is 1.41 bits per heavy atom. The molecule has 0 saturated carbocycles. The van der Waals surface area contributed by atoms with Gasteiger partial charge in [-0.25, -0.2) is 0 Å². The van der Waals surface area contributed by atoms with Gasteiger partial charge in [-0.2, -0.15) is 0 Å². The van der Waals surface area contributed by atoms with Gasteiger partial charge in [-0.1, -0.05) is 33.6 Å². The molecule has 17 heavy (non-hydrogen) atoms. The summed E-state index contributed by atoms with van der Waals surface area (Å²) in [4.78, 5) is 1.56. The smallest absolute Gasteiger partial charge is 0.123 e. The lowest BCUT2D eigenvalue weighted by atomic mass is 10.1. The standard InChI is InChI=1S/C13H12BrClOS/c1-16-13-5-4-9(15)7-11(13)12(14)8-10-3-2-6-17-10/h2-7,12H,8H2,1H3. The lowest BCUT2D eigenvalue weighted by Crippen LogP contribution is -1.97. The van der Waals surface area contributed by atoms with Crippen LogP contribution in [0.5, 0.6) is 5.75 Å². The van der Waals surface area contributed by atoms with E-state index >= 15 is 0 Å². The van der Waals surface area contributed by atoms with Gasteiger partial charge in [0.2, 0.25) is 0 Å². The molecule has 0 aliphatic heterocycles. The first kappa shape index (κ1) is 12.9. The summed E-state index contributed by atoms with van der Waals surface area (Å²) >= 11 is 11.5. The van der Waals surface area contributed by atoms with Crippen LogP contribution >= 0.6 is 38.9 Å². The van der Waals surface area contributed by atoms with Crippen molar-refractivity contribution >= 4 is 38.9 Å². The molecule has 0 spiro atoms. The van der Waals surface area contributed by atoms with Crippen molar-refractivity contribution in [1.82, 2.24) is 0 Å². The van der Waals surface area contributed by atoms with E-state index in [0.717, 1.165) is 22.8 Å². The fourth-order valence-electron chi connectivity index (χ4n) is 1.67. The largest absolute Gasteiger partial charge is 0.496 e. The van der Waals surface area contributed by atoms with Gasteiger partial charge in [0.1, 0.15) is 5.75 Å². The van der Waals surface area contributed by atoms with Gasteiger partial charge in [-0.3, -0.25) is 0 Å². The van der Waals surface area contributed by atoms with Crippen molar-refractivity contribution in [2.75, 3.05) is 7.11 Å². The molecule has 0 radical (unpaired) electrons. The van der Waals surface area contributed by atoms with Crippen LogP contribution in [0.2, 0.25) is 5.02 Å². The molecule has 1 nitrogen and oxygen atoms in total. The molecule has 90 valence electrons. The maximum Gasteiger partial charge on any atom is 0.123 e. The molecule has 0 aliphatic rings. The average Bonchev–Trinajstić information content (AvgIpc) is 2.81. The summed E-state index contributed by atoms with van der Waals surface area (Å²) in [7, 11) is 1.68. The molecule has 0 fully saturated rings. The third kappa shape index (κ3) is 3.24. The Morgan fingerprint density at radius 3 is 2.88 bits per heavy atom. The van der Waals surface area contributed by atoms with E-state index in [4.69, 9.17) is 16.3 Å². The number of hydrogen-bond acceptors (Lipinski definition) is 2. The van der Waals surface area contributed by atoms with Crippen LogP contribution in [0.1, 0.15) is 15.3 Å². The molecular weight excluding hydrogens is 320 g/mol. The zero-order chi connectivity index (χ0) is 12.3. The van der Waals surface area contributed by atoms with Crippen LogP contribution in [-0.2, 0) is 6.42 Å². The van der Waals surface area contributed by atoms with Crippen LogP contribution in [0.15, 0.2) is 35.7 Å². The second-order valence-electron chi connectivity index (χ2n) is 3.64. The van der Waals surface area contributed by atoms with Gasteiger partial charge in [0, 0.05) is 20.3 Å². The predicted octanol–water partition coefficient (Wildman–Crippen LogP) is 5.09. The van der Waals surface area contributed by atoms with Crippen LogP contribution in [-0.4, -0.2) is 7.11 Å². The Hall–Kier alpha value is -0.510. The van der Waals surface area contributed by atoms with Crippen LogP contribution < -0.4 is 4.74 Å². The highest BCUT2D eigenvalue weighted by Crippen LogP contribution is 2.36. The summed E-state index contributed by atoms with van der Waals surface area (Å²) < 4.78 is 5.36. The van der Waals surface area contributed by atoms with E-state index in [9.17, 15) is 0 Å². The van der Waals surface area contributed by atoms with Crippen molar-refractivity contribution in [2.24, 2.45) is 0 Å². The number of benzene rings is 1. The van der Waals surface area contributed by atoms with Crippen molar-refractivity contribution in [3.8, 4) is 5.75 Å². The van der Waals surface area contributed by atoms with E-state index < -0.39 is 0 Å². The number of methoxy groups -OCH3 is 1. The van der Waals surface area contributed by atoms with E-state index in [1.54, 1.807) is 18.4 Å². The minimum Gasteiger partial charge on any atom is -0.496 e. The highest BCUT2D eigenvalue weighted by molar-refractivity contribution is 9.09. The van der Waals surface area contributed by atoms with Crippen LogP contribution in [0.4, 0.5) is 0 Å². The Labute approximate surface area is 119 Å². The summed E-state index contributed by atoms with van der Waals surface area (Å²) in [6, 6.07) is 9.90. The number of alkyl halides is 1. The van der Waals surface area contributed by atoms with Crippen LogP contribution in [0, 0.1) is 0 Å². The fraction of sp³-hybridized carbons (Fsp3) is 0.231. The summed E-state index contributed by atoms with van der Waals surface area (Å²) in [5.41, 5.74) is 1.09. The Kier molecular flexibility index (Phi) is 4.48. The van der Waals surface area contributed by atoms with Gasteiger partial charge < -0.3 is 4.74 Å². The van der Waals surface area contributed by atoms with Crippen molar-refractivity contribution in [2.45, 2.75) is 11.2 Å². The molecule has 2 aromatic rings. The number of halogens is 2. The van der Waals surface area contributed by atoms with Gasteiger partial charge in [-0.15, -0.1) is 11.3 Å². The summed E-state index contributed by atoms with van der Waals surface area (Å²) in [5, 5.41) is 2.82. The van der Waals surface area contributed by atoms with E-state index in [1.165, 1.54) is 4.88 Å². The number of thiophene rings is 1. The lowest BCUT2D eigenvalue weighted by Gasteiger charge is -2.14. The maximum absolute atomic E-state index is 6.03. The normalized spacial score (nSPS) is 12.4. The van der Waals surface area contributed by atoms with E-state index in [1.807, 2.05) is 18.2 Å². The predicted molar refractivity (Wildman–Crippen MR) is 77.7 cm³/mol. The molecule has 4 heteroatoms. The Bertz CT molecular complexity index is 484. The first-order valence-electron chi connectivity index (χ1n) is 5.20. The molecule has 1 atom stereocenters. The third-order valence-corrected chi connectivity index (χ3v) is 4.44. The van der Waals surface area contributed by atoms with E-state index in [-0.39, 0.29) is 4.83 Å². The number of hydrogen-bond donors (Lipinski definition) is 0. The van der Waals surface area contributed by atoms with Crippen molar-refractivity contribution in [3.63, 3.8) is 0 Å². The van der Waals surface area contributed by atoms with Gasteiger partial charge >= 0.3 is 0 Å². The van der Waals surface area contributed by atoms with Crippen LogP contribution in [0.3, 0.4) is 0 Å². The molecule has 1 aromatic carbocycles. The fourth-order valence-corrected chi connectivity index (χ4v) is 3.52. The molecule has 1 aromatic heterocycles. The molecule has 2 rings (SSSR count). The van der Waals surface area contributed by atoms with E-state index in [2.05, 4.69) is 33.4 Å². The first-order chi connectivity index (χ1) is 8.20. The molecule has 0 saturated heterocycles. The summed E-state index contributed by atoms with van der Waals surface area (Å²) in [6.07, 6.45) is 0.939. The third-order valence-electron chi connectivity index (χ3n) is 2.49. The molecule has 0 N–H and O–H groups in total. The molecule has 0 bridgehead atoms. The quantitative estimate of drug-likeness (QED) is 0.709. The second kappa shape index (κ2) is 5.89. The Morgan fingerprint density at radius 2 is 2.24 bits per heavy atom. The summed E-state index contributed by atoms with van der Waals surface area (Å²) in [6.45, 7) is 0. The first-order valence-corrected chi connectivity index (χ1v) is 7.38. The molecule has 0 aliphatic carbocycles. The Balaban J connectivity index is 2.23. The highest BCUT2D eigenvalue weighted by Gasteiger charge is 2.14. The number of rotatable bonds is 4. The van der Waals surface area contributed by atoms with Gasteiger partial charge in [0.25, 0.3) is 0 Å². The van der Waals surface area contributed by atoms with Crippen LogP contribution in [0.25, 0.3) is 0 Å². The van der Waals surface area contributed by atoms with Crippen molar-refractivity contribution < 1.29 is 4.74 Å². The second-order valence-corrected chi connectivity index (χ2v) is 6.21. The molecule has 1 unspecified atom stereocenters. The van der Waals surface area contributed by atoms with Gasteiger partial charge in [0.15, 0.2) is 0 Å². The van der Waals surface area contributed by atoms with Gasteiger partial charge in [0.05, 0.1) is 7.11 Å². The molecule has 1 heterocycles. The lowest BCUT2D eigenvalue weighted by molar-refractivity contribution is 0.409. The monoisotopic (exact) mass is 330 g/mol. The average molecular weight is 332 g/mol. The minimum absolute atomic E-state index is 0.217. The minimum atomic E-state index is 0.217. The molecular formula is C13H12BrClOS. The van der Waals surface area contributed by atoms with Crippen molar-refractivity contribution in [3.05, 3.63) is 51.2 Å². The van der Waals surface area contributed by atoms with Crippen molar-refractivity contribution in [1.29, 1.82) is 0 Å². The van der Waals surface area contributed by atoms with E-state index in [0.29, 0.717) is 0 Å². The highest BCUT2D eigenvalue weighted by atomic mass is 79.9. The topological polar surface area (TPSA) is 9.23 Å². The summed E-state index contributed by atoms with van der Waals surface area (Å²) in [5.74, 6) is 0.868. The maximum atomic E-state index is 6.03. The SMILES string of the molecule is COc1ccc(Cl)cc1C(Br)Cc1cccs1.